The topological polar surface area (TPSA) is 57.8 Å². The standard InChI is InChI=1S/C18H21N3O2S/c1-20(13-7-3-2-4-8-13)17(23)15-10-21-16-12(11-22)6-5-9-14(16)19-18(21)24-15/h5-6,9-10,13,22H,2-4,7-8,11H2,1H3. The second kappa shape index (κ2) is 6.18. The predicted octanol–water partition coefficient (Wildman–Crippen LogP) is 3.45. The number of imidazole rings is 1. The Morgan fingerprint density at radius 2 is 2.17 bits per heavy atom. The first kappa shape index (κ1) is 15.6. The summed E-state index contributed by atoms with van der Waals surface area (Å²) in [5.74, 6) is 0.0760. The van der Waals surface area contributed by atoms with Gasteiger partial charge in [-0.15, -0.1) is 0 Å². The van der Waals surface area contributed by atoms with Gasteiger partial charge in [0, 0.05) is 24.8 Å². The summed E-state index contributed by atoms with van der Waals surface area (Å²) in [6.45, 7) is -0.0355. The number of benzene rings is 1. The van der Waals surface area contributed by atoms with Crippen molar-refractivity contribution >= 4 is 33.2 Å². The molecule has 0 bridgehead atoms. The molecule has 2 heterocycles. The number of para-hydroxylation sites is 1. The second-order valence-electron chi connectivity index (χ2n) is 6.51. The van der Waals surface area contributed by atoms with Crippen molar-refractivity contribution in [1.29, 1.82) is 0 Å². The van der Waals surface area contributed by atoms with Crippen LogP contribution in [0.5, 0.6) is 0 Å². The molecule has 0 unspecified atom stereocenters. The zero-order valence-corrected chi connectivity index (χ0v) is 14.6. The number of hydrogen-bond donors (Lipinski definition) is 1. The molecule has 3 aromatic rings. The molecular weight excluding hydrogens is 322 g/mol. The van der Waals surface area contributed by atoms with Crippen molar-refractivity contribution in [2.24, 2.45) is 0 Å². The number of aliphatic hydroxyl groups is 1. The highest BCUT2D eigenvalue weighted by Crippen LogP contribution is 2.28. The molecule has 126 valence electrons. The van der Waals surface area contributed by atoms with Gasteiger partial charge in [0.15, 0.2) is 4.96 Å². The molecule has 1 aromatic carbocycles. The zero-order valence-electron chi connectivity index (χ0n) is 13.7. The van der Waals surface area contributed by atoms with Gasteiger partial charge in [0.05, 0.1) is 17.6 Å². The Bertz CT molecular complexity index is 892. The fraction of sp³-hybridized carbons (Fsp3) is 0.444. The van der Waals surface area contributed by atoms with Crippen LogP contribution in [0.1, 0.15) is 47.3 Å². The van der Waals surface area contributed by atoms with Crippen LogP contribution in [-0.2, 0) is 6.61 Å². The average Bonchev–Trinajstić information content (AvgIpc) is 3.18. The van der Waals surface area contributed by atoms with E-state index in [1.807, 2.05) is 40.7 Å². The van der Waals surface area contributed by atoms with Gasteiger partial charge in [0.1, 0.15) is 4.88 Å². The van der Waals surface area contributed by atoms with E-state index in [9.17, 15) is 9.90 Å². The lowest BCUT2D eigenvalue weighted by Crippen LogP contribution is -2.37. The number of fused-ring (bicyclic) bond motifs is 3. The average molecular weight is 343 g/mol. The molecule has 4 rings (SSSR count). The van der Waals surface area contributed by atoms with Crippen LogP contribution >= 0.6 is 11.3 Å². The van der Waals surface area contributed by atoms with Crippen LogP contribution in [0.4, 0.5) is 0 Å². The summed E-state index contributed by atoms with van der Waals surface area (Å²) in [7, 11) is 1.91. The fourth-order valence-corrected chi connectivity index (χ4v) is 4.64. The van der Waals surface area contributed by atoms with Crippen molar-refractivity contribution in [3.05, 3.63) is 34.8 Å². The monoisotopic (exact) mass is 343 g/mol. The molecule has 1 amide bonds. The molecule has 1 aliphatic rings. The first-order valence-corrected chi connectivity index (χ1v) is 9.28. The van der Waals surface area contributed by atoms with E-state index < -0.39 is 0 Å². The number of thiazole rings is 1. The normalized spacial score (nSPS) is 16.1. The van der Waals surface area contributed by atoms with E-state index in [4.69, 9.17) is 0 Å². The molecule has 1 aliphatic carbocycles. The molecular formula is C18H21N3O2S. The number of amides is 1. The highest BCUT2D eigenvalue weighted by Gasteiger charge is 2.25. The lowest BCUT2D eigenvalue weighted by molar-refractivity contribution is 0.0701. The van der Waals surface area contributed by atoms with Gasteiger partial charge in [0.25, 0.3) is 5.91 Å². The molecule has 0 saturated heterocycles. The molecule has 24 heavy (non-hydrogen) atoms. The zero-order chi connectivity index (χ0) is 16.7. The van der Waals surface area contributed by atoms with Crippen molar-refractivity contribution in [1.82, 2.24) is 14.3 Å². The predicted molar refractivity (Wildman–Crippen MR) is 95.5 cm³/mol. The number of aliphatic hydroxyl groups excluding tert-OH is 1. The van der Waals surface area contributed by atoms with Gasteiger partial charge in [-0.2, -0.15) is 0 Å². The SMILES string of the molecule is CN(C(=O)c1cn2c(nc3cccc(CO)c32)s1)C1CCCCC1. The van der Waals surface area contributed by atoms with Crippen molar-refractivity contribution in [2.45, 2.75) is 44.8 Å². The van der Waals surface area contributed by atoms with Gasteiger partial charge in [0.2, 0.25) is 0 Å². The molecule has 1 fully saturated rings. The van der Waals surface area contributed by atoms with E-state index in [2.05, 4.69) is 4.98 Å². The molecule has 0 atom stereocenters. The lowest BCUT2D eigenvalue weighted by atomic mass is 9.94. The van der Waals surface area contributed by atoms with E-state index >= 15 is 0 Å². The number of rotatable bonds is 3. The Labute approximate surface area is 144 Å². The third-order valence-electron chi connectivity index (χ3n) is 5.03. The van der Waals surface area contributed by atoms with Gasteiger partial charge in [-0.25, -0.2) is 4.98 Å². The van der Waals surface area contributed by atoms with Gasteiger partial charge < -0.3 is 10.0 Å². The van der Waals surface area contributed by atoms with Crippen molar-refractivity contribution in [3.8, 4) is 0 Å². The minimum absolute atomic E-state index is 0.0355. The third kappa shape index (κ3) is 2.50. The Morgan fingerprint density at radius 1 is 1.38 bits per heavy atom. The van der Waals surface area contributed by atoms with Gasteiger partial charge in [-0.05, 0) is 18.9 Å². The van der Waals surface area contributed by atoms with E-state index in [0.717, 1.165) is 34.4 Å². The molecule has 2 aromatic heterocycles. The molecule has 1 saturated carbocycles. The Kier molecular flexibility index (Phi) is 4.02. The molecule has 6 heteroatoms. The molecule has 1 N–H and O–H groups in total. The number of nitrogens with zero attached hydrogens (tertiary/aromatic N) is 3. The van der Waals surface area contributed by atoms with E-state index in [-0.39, 0.29) is 12.5 Å². The minimum atomic E-state index is -0.0355. The van der Waals surface area contributed by atoms with Crippen LogP contribution in [0.3, 0.4) is 0 Å². The highest BCUT2D eigenvalue weighted by atomic mass is 32.1. The maximum absolute atomic E-state index is 12.8. The summed E-state index contributed by atoms with van der Waals surface area (Å²) in [6.07, 6.45) is 7.77. The smallest absolute Gasteiger partial charge is 0.265 e. The van der Waals surface area contributed by atoms with E-state index in [1.54, 1.807) is 0 Å². The summed E-state index contributed by atoms with van der Waals surface area (Å²) in [5.41, 5.74) is 2.58. The third-order valence-corrected chi connectivity index (χ3v) is 6.00. The summed E-state index contributed by atoms with van der Waals surface area (Å²) in [5, 5.41) is 9.57. The Balaban J connectivity index is 1.71. The first-order chi connectivity index (χ1) is 11.7. The van der Waals surface area contributed by atoms with Crippen LogP contribution < -0.4 is 0 Å². The van der Waals surface area contributed by atoms with Crippen LogP contribution in [0.25, 0.3) is 16.0 Å². The summed E-state index contributed by atoms with van der Waals surface area (Å²) in [4.78, 5) is 20.9. The maximum Gasteiger partial charge on any atom is 0.265 e. The number of carbonyl (C=O) groups excluding carboxylic acids is 1. The number of carbonyl (C=O) groups is 1. The Morgan fingerprint density at radius 3 is 2.92 bits per heavy atom. The Hall–Kier alpha value is -1.92. The summed E-state index contributed by atoms with van der Waals surface area (Å²) >= 11 is 1.42. The first-order valence-electron chi connectivity index (χ1n) is 8.46. The molecule has 5 nitrogen and oxygen atoms in total. The summed E-state index contributed by atoms with van der Waals surface area (Å²) in [6, 6.07) is 6.08. The van der Waals surface area contributed by atoms with Crippen LogP contribution in [0, 0.1) is 0 Å². The van der Waals surface area contributed by atoms with Crippen molar-refractivity contribution < 1.29 is 9.90 Å². The molecule has 0 radical (unpaired) electrons. The van der Waals surface area contributed by atoms with Crippen LogP contribution in [0.2, 0.25) is 0 Å². The minimum Gasteiger partial charge on any atom is -0.392 e. The maximum atomic E-state index is 12.8. The van der Waals surface area contributed by atoms with Gasteiger partial charge >= 0.3 is 0 Å². The van der Waals surface area contributed by atoms with Crippen molar-refractivity contribution in [3.63, 3.8) is 0 Å². The number of hydrogen-bond acceptors (Lipinski definition) is 4. The quantitative estimate of drug-likeness (QED) is 0.792. The second-order valence-corrected chi connectivity index (χ2v) is 7.52. The van der Waals surface area contributed by atoms with Crippen LogP contribution in [-0.4, -0.2) is 38.4 Å². The lowest BCUT2D eigenvalue weighted by Gasteiger charge is -2.30. The summed E-state index contributed by atoms with van der Waals surface area (Å²) < 4.78 is 1.94. The largest absolute Gasteiger partial charge is 0.392 e. The van der Waals surface area contributed by atoms with Crippen molar-refractivity contribution in [2.75, 3.05) is 7.05 Å². The van der Waals surface area contributed by atoms with E-state index in [0.29, 0.717) is 10.9 Å². The van der Waals surface area contributed by atoms with E-state index in [1.165, 1.54) is 30.6 Å². The van der Waals surface area contributed by atoms with Gasteiger partial charge in [-0.3, -0.25) is 9.20 Å². The molecule has 0 spiro atoms. The molecule has 0 aliphatic heterocycles. The highest BCUT2D eigenvalue weighted by molar-refractivity contribution is 7.18. The van der Waals surface area contributed by atoms with Crippen LogP contribution in [0.15, 0.2) is 24.4 Å². The fourth-order valence-electron chi connectivity index (χ4n) is 3.67. The number of aromatic nitrogens is 2. The van der Waals surface area contributed by atoms with Gasteiger partial charge in [-0.1, -0.05) is 42.7 Å².